The molecule has 0 amide bonds. The van der Waals surface area contributed by atoms with Crippen molar-refractivity contribution in [1.82, 2.24) is 4.98 Å². The molecule has 0 saturated carbocycles. The van der Waals surface area contributed by atoms with E-state index >= 15 is 0 Å². The Balaban J connectivity index is 1.68. The largest absolute Gasteiger partial charge is 0.439 e. The zero-order valence-electron chi connectivity index (χ0n) is 12.0. The van der Waals surface area contributed by atoms with Crippen LogP contribution in [0, 0.1) is 3.57 Å². The third kappa shape index (κ3) is 4.07. The molecular formula is C18H12INO3. The van der Waals surface area contributed by atoms with Gasteiger partial charge in [0.25, 0.3) is 0 Å². The SMILES string of the molecule is O=C(Oc1ccc(Oc2ccccn2)cc1)c1ccccc1I. The minimum Gasteiger partial charge on any atom is -0.439 e. The van der Waals surface area contributed by atoms with E-state index < -0.39 is 0 Å². The van der Waals surface area contributed by atoms with Gasteiger partial charge in [-0.3, -0.25) is 0 Å². The van der Waals surface area contributed by atoms with Gasteiger partial charge >= 0.3 is 5.97 Å². The number of hydrogen-bond acceptors (Lipinski definition) is 4. The van der Waals surface area contributed by atoms with Crippen LogP contribution < -0.4 is 9.47 Å². The number of benzene rings is 2. The van der Waals surface area contributed by atoms with Gasteiger partial charge in [-0.2, -0.15) is 0 Å². The lowest BCUT2D eigenvalue weighted by atomic mass is 10.2. The zero-order valence-corrected chi connectivity index (χ0v) is 14.1. The summed E-state index contributed by atoms with van der Waals surface area (Å²) in [6.07, 6.45) is 1.66. The van der Waals surface area contributed by atoms with Gasteiger partial charge in [0.1, 0.15) is 11.5 Å². The van der Waals surface area contributed by atoms with E-state index in [1.54, 1.807) is 42.6 Å². The molecule has 3 aromatic rings. The number of hydrogen-bond donors (Lipinski definition) is 0. The van der Waals surface area contributed by atoms with E-state index in [4.69, 9.17) is 9.47 Å². The molecule has 1 heterocycles. The van der Waals surface area contributed by atoms with Gasteiger partial charge in [-0.1, -0.05) is 18.2 Å². The summed E-state index contributed by atoms with van der Waals surface area (Å²) in [7, 11) is 0. The quantitative estimate of drug-likeness (QED) is 0.351. The van der Waals surface area contributed by atoms with Crippen LogP contribution >= 0.6 is 22.6 Å². The summed E-state index contributed by atoms with van der Waals surface area (Å²) in [5.41, 5.74) is 0.543. The van der Waals surface area contributed by atoms with Crippen molar-refractivity contribution in [3.63, 3.8) is 0 Å². The monoisotopic (exact) mass is 417 g/mol. The maximum Gasteiger partial charge on any atom is 0.344 e. The normalized spacial score (nSPS) is 10.1. The Bertz CT molecular complexity index is 804. The second kappa shape index (κ2) is 7.23. The third-order valence-corrected chi connectivity index (χ3v) is 3.93. The molecule has 23 heavy (non-hydrogen) atoms. The summed E-state index contributed by atoms with van der Waals surface area (Å²) in [6, 6.07) is 19.6. The fraction of sp³-hybridized carbons (Fsp3) is 0. The minimum absolute atomic E-state index is 0.381. The Morgan fingerprint density at radius 2 is 1.57 bits per heavy atom. The van der Waals surface area contributed by atoms with Crippen molar-refractivity contribution >= 4 is 28.6 Å². The van der Waals surface area contributed by atoms with Crippen molar-refractivity contribution in [2.75, 3.05) is 0 Å². The van der Waals surface area contributed by atoms with E-state index in [9.17, 15) is 4.79 Å². The summed E-state index contributed by atoms with van der Waals surface area (Å²) in [5, 5.41) is 0. The Morgan fingerprint density at radius 1 is 0.870 bits per heavy atom. The maximum atomic E-state index is 12.1. The lowest BCUT2D eigenvalue weighted by molar-refractivity contribution is 0.0733. The standard InChI is InChI=1S/C18H12INO3/c19-16-6-2-1-5-15(16)18(21)23-14-10-8-13(9-11-14)22-17-7-3-4-12-20-17/h1-12H. The van der Waals surface area contributed by atoms with Crippen molar-refractivity contribution in [3.05, 3.63) is 82.1 Å². The zero-order chi connectivity index (χ0) is 16.1. The first-order valence-electron chi connectivity index (χ1n) is 6.88. The fourth-order valence-electron chi connectivity index (χ4n) is 1.89. The Morgan fingerprint density at radius 3 is 2.26 bits per heavy atom. The van der Waals surface area contributed by atoms with E-state index in [0.29, 0.717) is 22.9 Å². The van der Waals surface area contributed by atoms with Gasteiger partial charge in [-0.15, -0.1) is 0 Å². The molecule has 0 unspecified atom stereocenters. The molecule has 0 bridgehead atoms. The fourth-order valence-corrected chi connectivity index (χ4v) is 2.50. The second-order valence-electron chi connectivity index (χ2n) is 4.61. The number of ether oxygens (including phenoxy) is 2. The lowest BCUT2D eigenvalue weighted by Crippen LogP contribution is -2.10. The smallest absolute Gasteiger partial charge is 0.344 e. The topological polar surface area (TPSA) is 48.4 Å². The summed E-state index contributed by atoms with van der Waals surface area (Å²) in [4.78, 5) is 16.2. The van der Waals surface area contributed by atoms with Crippen LogP contribution in [0.3, 0.4) is 0 Å². The molecule has 0 N–H and O–H groups in total. The number of carbonyl (C=O) groups is 1. The summed E-state index contributed by atoms with van der Waals surface area (Å²) in [5.74, 6) is 1.21. The molecule has 4 nitrogen and oxygen atoms in total. The molecule has 1 aromatic heterocycles. The average molecular weight is 417 g/mol. The summed E-state index contributed by atoms with van der Waals surface area (Å²) < 4.78 is 11.8. The van der Waals surface area contributed by atoms with Crippen molar-refractivity contribution in [2.45, 2.75) is 0 Å². The first-order valence-corrected chi connectivity index (χ1v) is 7.96. The van der Waals surface area contributed by atoms with Gasteiger partial charge in [0.05, 0.1) is 5.56 Å². The Kier molecular flexibility index (Phi) is 4.87. The number of nitrogens with zero attached hydrogens (tertiary/aromatic N) is 1. The van der Waals surface area contributed by atoms with Crippen molar-refractivity contribution in [3.8, 4) is 17.4 Å². The molecule has 114 valence electrons. The van der Waals surface area contributed by atoms with Crippen LogP contribution in [0.2, 0.25) is 0 Å². The minimum atomic E-state index is -0.381. The molecule has 0 aliphatic heterocycles. The van der Waals surface area contributed by atoms with E-state index in [2.05, 4.69) is 27.6 Å². The van der Waals surface area contributed by atoms with Gasteiger partial charge in [-0.25, -0.2) is 9.78 Å². The molecule has 0 radical (unpaired) electrons. The van der Waals surface area contributed by atoms with Crippen LogP contribution in [0.15, 0.2) is 72.9 Å². The molecule has 0 fully saturated rings. The third-order valence-electron chi connectivity index (χ3n) is 2.99. The number of rotatable bonds is 4. The number of carbonyl (C=O) groups excluding carboxylic acids is 1. The van der Waals surface area contributed by atoms with Crippen LogP contribution in [-0.2, 0) is 0 Å². The Labute approximate surface area is 147 Å². The molecule has 5 heteroatoms. The Hall–Kier alpha value is -2.41. The highest BCUT2D eigenvalue weighted by Gasteiger charge is 2.11. The first-order chi connectivity index (χ1) is 11.2. The molecule has 0 aliphatic rings. The van der Waals surface area contributed by atoms with Crippen LogP contribution in [0.25, 0.3) is 0 Å². The van der Waals surface area contributed by atoms with Crippen molar-refractivity contribution in [1.29, 1.82) is 0 Å². The average Bonchev–Trinajstić information content (AvgIpc) is 2.58. The molecule has 0 spiro atoms. The molecule has 0 saturated heterocycles. The van der Waals surface area contributed by atoms with Crippen LogP contribution in [0.1, 0.15) is 10.4 Å². The lowest BCUT2D eigenvalue weighted by Gasteiger charge is -2.07. The van der Waals surface area contributed by atoms with Gasteiger partial charge in [0, 0.05) is 15.8 Å². The highest BCUT2D eigenvalue weighted by molar-refractivity contribution is 14.1. The number of esters is 1. The van der Waals surface area contributed by atoms with Gasteiger partial charge in [0.15, 0.2) is 0 Å². The highest BCUT2D eigenvalue weighted by Crippen LogP contribution is 2.23. The van der Waals surface area contributed by atoms with Gasteiger partial charge in [0.2, 0.25) is 5.88 Å². The van der Waals surface area contributed by atoms with E-state index in [0.717, 1.165) is 3.57 Å². The number of halogens is 1. The van der Waals surface area contributed by atoms with Crippen LogP contribution in [0.5, 0.6) is 17.4 Å². The van der Waals surface area contributed by atoms with Crippen molar-refractivity contribution < 1.29 is 14.3 Å². The molecule has 3 rings (SSSR count). The second-order valence-corrected chi connectivity index (χ2v) is 5.77. The highest BCUT2D eigenvalue weighted by atomic mass is 127. The van der Waals surface area contributed by atoms with Crippen LogP contribution in [0.4, 0.5) is 0 Å². The maximum absolute atomic E-state index is 12.1. The van der Waals surface area contributed by atoms with Crippen molar-refractivity contribution in [2.24, 2.45) is 0 Å². The van der Waals surface area contributed by atoms with Gasteiger partial charge < -0.3 is 9.47 Å². The molecule has 0 aliphatic carbocycles. The number of pyridine rings is 1. The molecule has 0 atom stereocenters. The predicted molar refractivity (Wildman–Crippen MR) is 94.9 cm³/mol. The molecular weight excluding hydrogens is 405 g/mol. The first kappa shape index (κ1) is 15.5. The van der Waals surface area contributed by atoms with E-state index in [-0.39, 0.29) is 5.97 Å². The van der Waals surface area contributed by atoms with Crippen LogP contribution in [-0.4, -0.2) is 11.0 Å². The van der Waals surface area contributed by atoms with Gasteiger partial charge in [-0.05, 0) is 65.1 Å². The summed E-state index contributed by atoms with van der Waals surface area (Å²) in [6.45, 7) is 0. The number of aromatic nitrogens is 1. The van der Waals surface area contributed by atoms with E-state index in [1.165, 1.54) is 0 Å². The molecule has 2 aromatic carbocycles. The summed E-state index contributed by atoms with van der Waals surface area (Å²) >= 11 is 2.11. The predicted octanol–water partition coefficient (Wildman–Crippen LogP) is 4.70. The van der Waals surface area contributed by atoms with E-state index in [1.807, 2.05) is 30.3 Å².